The minimum absolute atomic E-state index is 0.0547. The van der Waals surface area contributed by atoms with E-state index in [9.17, 15) is 9.90 Å². The topological polar surface area (TPSA) is 68.0 Å². The number of aromatic carboxylic acids is 1. The van der Waals surface area contributed by atoms with Crippen molar-refractivity contribution in [3.05, 3.63) is 46.2 Å². The van der Waals surface area contributed by atoms with Gasteiger partial charge in [-0.3, -0.25) is 0 Å². The van der Waals surface area contributed by atoms with E-state index < -0.39 is 5.97 Å². The number of carbonyl (C=O) groups is 1. The Morgan fingerprint density at radius 2 is 2.10 bits per heavy atom. The second kappa shape index (κ2) is 5.29. The lowest BCUT2D eigenvalue weighted by Gasteiger charge is -2.20. The zero-order chi connectivity index (χ0) is 15.0. The predicted octanol–water partition coefficient (Wildman–Crippen LogP) is 3.44. The van der Waals surface area contributed by atoms with Gasteiger partial charge in [0, 0.05) is 4.88 Å². The quantitative estimate of drug-likeness (QED) is 0.801. The van der Waals surface area contributed by atoms with Crippen molar-refractivity contribution in [2.75, 3.05) is 0 Å². The second-order valence-corrected chi connectivity index (χ2v) is 6.20. The molecule has 0 fully saturated rings. The predicted molar refractivity (Wildman–Crippen MR) is 81.8 cm³/mol. The molecular formula is C15H15N3O2S. The monoisotopic (exact) mass is 301 g/mol. The molecule has 0 bridgehead atoms. The number of rotatable bonds is 4. The van der Waals surface area contributed by atoms with Crippen molar-refractivity contribution >= 4 is 28.3 Å². The molecule has 0 saturated carbocycles. The number of carboxylic acids is 1. The summed E-state index contributed by atoms with van der Waals surface area (Å²) in [6, 6.07) is 9.29. The molecule has 6 heteroatoms. The van der Waals surface area contributed by atoms with Crippen molar-refractivity contribution in [2.24, 2.45) is 5.92 Å². The molecule has 21 heavy (non-hydrogen) atoms. The molecule has 1 N–H and O–H groups in total. The SMILES string of the molecule is CC(C)C(c1cccs1)n1nnc2c(C(=O)O)cccc21. The van der Waals surface area contributed by atoms with Crippen LogP contribution in [0, 0.1) is 5.92 Å². The third kappa shape index (κ3) is 2.31. The first-order chi connectivity index (χ1) is 10.1. The highest BCUT2D eigenvalue weighted by Gasteiger charge is 2.23. The van der Waals surface area contributed by atoms with E-state index in [1.54, 1.807) is 23.5 Å². The fourth-order valence-corrected chi connectivity index (χ4v) is 3.51. The molecule has 2 aromatic heterocycles. The van der Waals surface area contributed by atoms with E-state index in [-0.39, 0.29) is 11.6 Å². The second-order valence-electron chi connectivity index (χ2n) is 5.22. The number of benzene rings is 1. The van der Waals surface area contributed by atoms with Crippen LogP contribution < -0.4 is 0 Å². The standard InChI is InChI=1S/C15H15N3O2S/c1-9(2)14(12-7-4-8-21-12)18-11-6-3-5-10(15(19)20)13(11)16-17-18/h3-9,14H,1-2H3,(H,19,20). The largest absolute Gasteiger partial charge is 0.478 e. The summed E-state index contributed by atoms with van der Waals surface area (Å²) in [7, 11) is 0. The summed E-state index contributed by atoms with van der Waals surface area (Å²) in [4.78, 5) is 12.5. The summed E-state index contributed by atoms with van der Waals surface area (Å²) in [5, 5.41) is 19.6. The van der Waals surface area contributed by atoms with E-state index >= 15 is 0 Å². The summed E-state index contributed by atoms with van der Waals surface area (Å²) in [5.74, 6) is -0.660. The molecule has 2 heterocycles. The van der Waals surface area contributed by atoms with Gasteiger partial charge in [0.2, 0.25) is 0 Å². The zero-order valence-corrected chi connectivity index (χ0v) is 12.5. The molecule has 0 saturated heterocycles. The summed E-state index contributed by atoms with van der Waals surface area (Å²) >= 11 is 1.67. The van der Waals surface area contributed by atoms with Gasteiger partial charge in [0.05, 0.1) is 17.1 Å². The van der Waals surface area contributed by atoms with E-state index in [2.05, 4.69) is 30.2 Å². The highest BCUT2D eigenvalue weighted by atomic mass is 32.1. The van der Waals surface area contributed by atoms with Gasteiger partial charge in [0.15, 0.2) is 0 Å². The minimum atomic E-state index is -0.982. The number of nitrogens with zero attached hydrogens (tertiary/aromatic N) is 3. The number of aromatic nitrogens is 3. The molecule has 0 amide bonds. The van der Waals surface area contributed by atoms with Gasteiger partial charge in [-0.15, -0.1) is 16.4 Å². The van der Waals surface area contributed by atoms with Crippen LogP contribution in [0.1, 0.15) is 35.1 Å². The lowest BCUT2D eigenvalue weighted by Crippen LogP contribution is -2.17. The average Bonchev–Trinajstić information content (AvgIpc) is 3.09. The first kappa shape index (κ1) is 13.8. The Morgan fingerprint density at radius 1 is 1.29 bits per heavy atom. The molecule has 1 aromatic carbocycles. The van der Waals surface area contributed by atoms with Gasteiger partial charge in [-0.05, 0) is 29.5 Å². The van der Waals surface area contributed by atoms with Crippen LogP contribution in [0.5, 0.6) is 0 Å². The van der Waals surface area contributed by atoms with E-state index in [0.717, 1.165) is 5.52 Å². The number of fused-ring (bicyclic) bond motifs is 1. The molecule has 0 aliphatic carbocycles. The van der Waals surface area contributed by atoms with Crippen LogP contribution >= 0.6 is 11.3 Å². The Morgan fingerprint density at radius 3 is 2.71 bits per heavy atom. The van der Waals surface area contributed by atoms with Crippen molar-refractivity contribution in [3.63, 3.8) is 0 Å². The Balaban J connectivity index is 2.20. The number of hydrogen-bond donors (Lipinski definition) is 1. The minimum Gasteiger partial charge on any atom is -0.478 e. The van der Waals surface area contributed by atoms with Gasteiger partial charge in [0.1, 0.15) is 5.52 Å². The van der Waals surface area contributed by atoms with E-state index in [1.807, 2.05) is 22.2 Å². The molecule has 5 nitrogen and oxygen atoms in total. The Labute approximate surface area is 125 Å². The Bertz CT molecular complexity index is 777. The molecule has 0 radical (unpaired) electrons. The number of hydrogen-bond acceptors (Lipinski definition) is 4. The molecule has 0 aliphatic rings. The van der Waals surface area contributed by atoms with Crippen molar-refractivity contribution in [1.82, 2.24) is 15.0 Å². The highest BCUT2D eigenvalue weighted by molar-refractivity contribution is 7.10. The van der Waals surface area contributed by atoms with Crippen molar-refractivity contribution in [3.8, 4) is 0 Å². The molecule has 3 aromatic rings. The van der Waals surface area contributed by atoms with Gasteiger partial charge in [-0.2, -0.15) is 0 Å². The molecule has 108 valence electrons. The fourth-order valence-electron chi connectivity index (χ4n) is 2.53. The number of thiophene rings is 1. The van der Waals surface area contributed by atoms with Crippen molar-refractivity contribution in [2.45, 2.75) is 19.9 Å². The first-order valence-corrected chi connectivity index (χ1v) is 7.58. The molecule has 1 atom stereocenters. The summed E-state index contributed by atoms with van der Waals surface area (Å²) in [6.45, 7) is 4.25. The van der Waals surface area contributed by atoms with Gasteiger partial charge < -0.3 is 5.11 Å². The maximum Gasteiger partial charge on any atom is 0.338 e. The van der Waals surface area contributed by atoms with Crippen LogP contribution in [-0.4, -0.2) is 26.1 Å². The Hall–Kier alpha value is -2.21. The molecule has 0 aliphatic heterocycles. The van der Waals surface area contributed by atoms with E-state index in [0.29, 0.717) is 11.4 Å². The third-order valence-electron chi connectivity index (χ3n) is 3.46. The summed E-state index contributed by atoms with van der Waals surface area (Å²) in [6.07, 6.45) is 0. The molecule has 3 rings (SSSR count). The number of carboxylic acid groups (broad SMARTS) is 1. The highest BCUT2D eigenvalue weighted by Crippen LogP contribution is 2.32. The third-order valence-corrected chi connectivity index (χ3v) is 4.41. The maximum absolute atomic E-state index is 11.3. The lowest BCUT2D eigenvalue weighted by molar-refractivity contribution is 0.0699. The van der Waals surface area contributed by atoms with Crippen molar-refractivity contribution in [1.29, 1.82) is 0 Å². The normalized spacial score (nSPS) is 12.9. The van der Waals surface area contributed by atoms with Gasteiger partial charge in [-0.1, -0.05) is 31.2 Å². The van der Waals surface area contributed by atoms with E-state index in [1.165, 1.54) is 4.88 Å². The fraction of sp³-hybridized carbons (Fsp3) is 0.267. The molecule has 0 spiro atoms. The average molecular weight is 301 g/mol. The van der Waals surface area contributed by atoms with Crippen LogP contribution in [0.15, 0.2) is 35.7 Å². The van der Waals surface area contributed by atoms with Crippen LogP contribution in [0.4, 0.5) is 0 Å². The lowest BCUT2D eigenvalue weighted by atomic mass is 10.0. The Kier molecular flexibility index (Phi) is 3.47. The zero-order valence-electron chi connectivity index (χ0n) is 11.7. The van der Waals surface area contributed by atoms with Crippen LogP contribution in [0.3, 0.4) is 0 Å². The summed E-state index contributed by atoms with van der Waals surface area (Å²) in [5.41, 5.74) is 1.38. The van der Waals surface area contributed by atoms with Gasteiger partial charge >= 0.3 is 5.97 Å². The smallest absolute Gasteiger partial charge is 0.338 e. The molecular weight excluding hydrogens is 286 g/mol. The van der Waals surface area contributed by atoms with E-state index in [4.69, 9.17) is 0 Å². The van der Waals surface area contributed by atoms with Gasteiger partial charge in [0.25, 0.3) is 0 Å². The van der Waals surface area contributed by atoms with Crippen LogP contribution in [0.2, 0.25) is 0 Å². The van der Waals surface area contributed by atoms with Gasteiger partial charge in [-0.25, -0.2) is 9.48 Å². The maximum atomic E-state index is 11.3. The summed E-state index contributed by atoms with van der Waals surface area (Å²) < 4.78 is 1.83. The van der Waals surface area contributed by atoms with Crippen molar-refractivity contribution < 1.29 is 9.90 Å². The van der Waals surface area contributed by atoms with Crippen LogP contribution in [-0.2, 0) is 0 Å². The first-order valence-electron chi connectivity index (χ1n) is 6.70. The van der Waals surface area contributed by atoms with Crippen LogP contribution in [0.25, 0.3) is 11.0 Å². The molecule has 1 unspecified atom stereocenters.